The summed E-state index contributed by atoms with van der Waals surface area (Å²) in [5, 5.41) is 0. The van der Waals surface area contributed by atoms with Gasteiger partial charge in [0.2, 0.25) is 15.9 Å². The fourth-order valence-corrected chi connectivity index (χ4v) is 4.83. The molecule has 2 aliphatic rings. The molecule has 1 N–H and O–H groups in total. The molecule has 2 atom stereocenters. The zero-order chi connectivity index (χ0) is 18.7. The van der Waals surface area contributed by atoms with E-state index >= 15 is 0 Å². The fourth-order valence-electron chi connectivity index (χ4n) is 4.00. The first-order valence-electron chi connectivity index (χ1n) is 9.24. The van der Waals surface area contributed by atoms with Crippen LogP contribution in [0.15, 0.2) is 30.3 Å². The molecule has 1 aliphatic carbocycles. The molecule has 1 saturated carbocycles. The average molecular weight is 381 g/mol. The lowest BCUT2D eigenvalue weighted by Gasteiger charge is -2.43. The van der Waals surface area contributed by atoms with Gasteiger partial charge < -0.3 is 9.64 Å². The third kappa shape index (κ3) is 4.84. The number of sulfonamides is 1. The minimum atomic E-state index is -3.32. The summed E-state index contributed by atoms with van der Waals surface area (Å²) in [7, 11) is -3.32. The van der Waals surface area contributed by atoms with Crippen LogP contribution in [0.3, 0.4) is 0 Å². The summed E-state index contributed by atoms with van der Waals surface area (Å²) in [5.74, 6) is 0.496. The standard InChI is InChI=1S/C19H28N2O4S/c1-14(22)21-10-6-9-18(20-26(2,23)24)19(21)13-25-17-11-16(12-17)15-7-4-3-5-8-15/h3-5,7-8,16-20H,6,9-13H2,1-2H3/t16-,17-,18-,19-/m0/s1. The Labute approximate surface area is 156 Å². The van der Waals surface area contributed by atoms with Crippen LogP contribution in [0, 0.1) is 0 Å². The van der Waals surface area contributed by atoms with E-state index in [4.69, 9.17) is 4.74 Å². The topological polar surface area (TPSA) is 75.7 Å². The Morgan fingerprint density at radius 2 is 1.96 bits per heavy atom. The Morgan fingerprint density at radius 1 is 1.27 bits per heavy atom. The number of benzene rings is 1. The van der Waals surface area contributed by atoms with Gasteiger partial charge in [0, 0.05) is 19.5 Å². The van der Waals surface area contributed by atoms with Crippen LogP contribution >= 0.6 is 0 Å². The van der Waals surface area contributed by atoms with Crippen molar-refractivity contribution in [1.29, 1.82) is 0 Å². The fraction of sp³-hybridized carbons (Fsp3) is 0.632. The lowest BCUT2D eigenvalue weighted by atomic mass is 9.77. The summed E-state index contributed by atoms with van der Waals surface area (Å²) < 4.78 is 32.1. The molecule has 0 spiro atoms. The van der Waals surface area contributed by atoms with Gasteiger partial charge in [-0.25, -0.2) is 13.1 Å². The molecule has 0 radical (unpaired) electrons. The highest BCUT2D eigenvalue weighted by atomic mass is 32.2. The highest BCUT2D eigenvalue weighted by molar-refractivity contribution is 7.88. The quantitative estimate of drug-likeness (QED) is 0.818. The third-order valence-electron chi connectivity index (χ3n) is 5.42. The number of amides is 1. The Balaban J connectivity index is 1.57. The van der Waals surface area contributed by atoms with Gasteiger partial charge in [0.1, 0.15) is 0 Å². The van der Waals surface area contributed by atoms with Gasteiger partial charge in [-0.2, -0.15) is 0 Å². The van der Waals surface area contributed by atoms with E-state index in [1.807, 2.05) is 6.07 Å². The number of carbonyl (C=O) groups is 1. The average Bonchev–Trinajstić information content (AvgIpc) is 2.53. The maximum Gasteiger partial charge on any atom is 0.219 e. The predicted molar refractivity (Wildman–Crippen MR) is 100 cm³/mol. The second kappa shape index (κ2) is 8.06. The first-order valence-corrected chi connectivity index (χ1v) is 11.1. The van der Waals surface area contributed by atoms with Crippen LogP contribution in [-0.4, -0.2) is 56.8 Å². The van der Waals surface area contributed by atoms with E-state index in [9.17, 15) is 13.2 Å². The summed E-state index contributed by atoms with van der Waals surface area (Å²) >= 11 is 0. The first kappa shape index (κ1) is 19.3. The molecular formula is C19H28N2O4S. The Morgan fingerprint density at radius 3 is 2.58 bits per heavy atom. The Kier molecular flexibility index (Phi) is 5.99. The predicted octanol–water partition coefficient (Wildman–Crippen LogP) is 1.88. The lowest BCUT2D eigenvalue weighted by Crippen LogP contribution is -2.58. The highest BCUT2D eigenvalue weighted by Crippen LogP contribution is 2.38. The number of nitrogens with zero attached hydrogens (tertiary/aromatic N) is 1. The second-order valence-electron chi connectivity index (χ2n) is 7.45. The largest absolute Gasteiger partial charge is 0.376 e. The van der Waals surface area contributed by atoms with Crippen LogP contribution in [-0.2, 0) is 19.6 Å². The van der Waals surface area contributed by atoms with E-state index in [-0.39, 0.29) is 24.1 Å². The molecule has 1 aliphatic heterocycles. The molecule has 1 heterocycles. The number of nitrogens with one attached hydrogen (secondary N) is 1. The molecule has 2 fully saturated rings. The van der Waals surface area contributed by atoms with Gasteiger partial charge in [-0.15, -0.1) is 0 Å². The third-order valence-corrected chi connectivity index (χ3v) is 6.15. The lowest BCUT2D eigenvalue weighted by molar-refractivity contribution is -0.136. The summed E-state index contributed by atoms with van der Waals surface area (Å²) in [4.78, 5) is 13.7. The van der Waals surface area contributed by atoms with Crippen molar-refractivity contribution in [2.75, 3.05) is 19.4 Å². The molecule has 0 unspecified atom stereocenters. The summed E-state index contributed by atoms with van der Waals surface area (Å²) in [5.41, 5.74) is 1.34. The molecule has 1 aromatic carbocycles. The number of likely N-dealkylation sites (tertiary alicyclic amines) is 1. The Hall–Kier alpha value is -1.44. The maximum absolute atomic E-state index is 12.0. The van der Waals surface area contributed by atoms with Gasteiger partial charge in [-0.1, -0.05) is 30.3 Å². The zero-order valence-electron chi connectivity index (χ0n) is 15.4. The number of ether oxygens (including phenoxy) is 1. The molecule has 3 rings (SSSR count). The van der Waals surface area contributed by atoms with E-state index in [0.717, 1.165) is 31.9 Å². The van der Waals surface area contributed by atoms with Crippen LogP contribution in [0.5, 0.6) is 0 Å². The van der Waals surface area contributed by atoms with Crippen molar-refractivity contribution in [2.45, 2.75) is 56.7 Å². The van der Waals surface area contributed by atoms with Crippen molar-refractivity contribution < 1.29 is 17.9 Å². The molecule has 7 heteroatoms. The molecule has 144 valence electrons. The monoisotopic (exact) mass is 380 g/mol. The van der Waals surface area contributed by atoms with Crippen molar-refractivity contribution in [2.24, 2.45) is 0 Å². The van der Waals surface area contributed by atoms with Crippen molar-refractivity contribution >= 4 is 15.9 Å². The van der Waals surface area contributed by atoms with Crippen molar-refractivity contribution in [3.8, 4) is 0 Å². The van der Waals surface area contributed by atoms with Crippen molar-refractivity contribution in [1.82, 2.24) is 9.62 Å². The van der Waals surface area contributed by atoms with Gasteiger partial charge in [0.25, 0.3) is 0 Å². The Bertz CT molecular complexity index is 716. The molecule has 26 heavy (non-hydrogen) atoms. The number of carbonyl (C=O) groups excluding carboxylic acids is 1. The van der Waals surface area contributed by atoms with Gasteiger partial charge in [0.05, 0.1) is 25.0 Å². The van der Waals surface area contributed by atoms with Gasteiger partial charge >= 0.3 is 0 Å². The minimum Gasteiger partial charge on any atom is -0.376 e. The molecule has 1 amide bonds. The minimum absolute atomic E-state index is 0.0330. The number of hydrogen-bond acceptors (Lipinski definition) is 4. The van der Waals surface area contributed by atoms with Gasteiger partial charge in [0.15, 0.2) is 0 Å². The molecule has 1 aromatic rings. The number of piperidine rings is 1. The van der Waals surface area contributed by atoms with E-state index in [1.165, 1.54) is 12.5 Å². The van der Waals surface area contributed by atoms with Crippen molar-refractivity contribution in [3.63, 3.8) is 0 Å². The smallest absolute Gasteiger partial charge is 0.219 e. The zero-order valence-corrected chi connectivity index (χ0v) is 16.2. The second-order valence-corrected chi connectivity index (χ2v) is 9.23. The van der Waals surface area contributed by atoms with Crippen LogP contribution < -0.4 is 4.72 Å². The van der Waals surface area contributed by atoms with E-state index < -0.39 is 10.0 Å². The molecule has 0 aromatic heterocycles. The van der Waals surface area contributed by atoms with E-state index in [2.05, 4.69) is 29.0 Å². The normalized spacial score (nSPS) is 29.2. The van der Waals surface area contributed by atoms with Crippen molar-refractivity contribution in [3.05, 3.63) is 35.9 Å². The van der Waals surface area contributed by atoms with Gasteiger partial charge in [-0.05, 0) is 37.2 Å². The van der Waals surface area contributed by atoms with Crippen LogP contribution in [0.25, 0.3) is 0 Å². The van der Waals surface area contributed by atoms with Gasteiger partial charge in [-0.3, -0.25) is 4.79 Å². The van der Waals surface area contributed by atoms with E-state index in [1.54, 1.807) is 4.90 Å². The summed E-state index contributed by atoms with van der Waals surface area (Å²) in [6.45, 7) is 2.56. The molecule has 0 bridgehead atoms. The maximum atomic E-state index is 12.0. The highest BCUT2D eigenvalue weighted by Gasteiger charge is 2.37. The SMILES string of the molecule is CC(=O)N1CCC[C@H](NS(C)(=O)=O)[C@@H]1CO[C@H]1C[C@H](c2ccccc2)C1. The summed E-state index contributed by atoms with van der Waals surface area (Å²) in [6, 6.07) is 9.89. The van der Waals surface area contributed by atoms with Crippen LogP contribution in [0.4, 0.5) is 0 Å². The first-order chi connectivity index (χ1) is 12.3. The molecule has 6 nitrogen and oxygen atoms in total. The van der Waals surface area contributed by atoms with Crippen LogP contribution in [0.2, 0.25) is 0 Å². The number of hydrogen-bond donors (Lipinski definition) is 1. The molecule has 1 saturated heterocycles. The summed E-state index contributed by atoms with van der Waals surface area (Å²) in [6.07, 6.45) is 4.80. The van der Waals surface area contributed by atoms with E-state index in [0.29, 0.717) is 19.1 Å². The van der Waals surface area contributed by atoms with Crippen LogP contribution in [0.1, 0.15) is 44.1 Å². The number of rotatable bonds is 6. The molecular weight excluding hydrogens is 352 g/mol.